The molecular weight excluding hydrogens is 661 g/mol. The number of benzene rings is 2. The van der Waals surface area contributed by atoms with Crippen LogP contribution in [-0.2, 0) is 32.2 Å². The van der Waals surface area contributed by atoms with E-state index < -0.39 is 63.7 Å². The number of rotatable bonds is 11. The van der Waals surface area contributed by atoms with Crippen molar-refractivity contribution in [3.63, 3.8) is 0 Å². The first-order valence-corrected chi connectivity index (χ1v) is 16.9. The lowest BCUT2D eigenvalue weighted by atomic mass is 9.87. The van der Waals surface area contributed by atoms with Crippen molar-refractivity contribution in [2.24, 2.45) is 0 Å². The van der Waals surface area contributed by atoms with Crippen LogP contribution in [0, 0.1) is 11.6 Å². The van der Waals surface area contributed by atoms with Gasteiger partial charge in [-0.05, 0) is 67.6 Å². The van der Waals surface area contributed by atoms with Crippen LogP contribution in [0.3, 0.4) is 0 Å². The number of pyridine rings is 1. The van der Waals surface area contributed by atoms with Gasteiger partial charge in [-0.15, -0.1) is 0 Å². The second-order valence-corrected chi connectivity index (χ2v) is 13.9. The summed E-state index contributed by atoms with van der Waals surface area (Å²) in [7, 11) is -2.35. The van der Waals surface area contributed by atoms with Crippen LogP contribution >= 0.6 is 0 Å². The number of sulfonamides is 1. The Morgan fingerprint density at radius 2 is 1.90 bits per heavy atom. The van der Waals surface area contributed by atoms with E-state index in [-0.39, 0.29) is 47.1 Å². The number of aliphatic hydroxyl groups excluding tert-OH is 1. The van der Waals surface area contributed by atoms with Crippen molar-refractivity contribution in [3.8, 4) is 0 Å². The van der Waals surface area contributed by atoms with Crippen LogP contribution in [0.15, 0.2) is 60.8 Å². The quantitative estimate of drug-likeness (QED) is 0.176. The van der Waals surface area contributed by atoms with Crippen molar-refractivity contribution in [1.82, 2.24) is 19.9 Å². The van der Waals surface area contributed by atoms with Crippen LogP contribution in [0.1, 0.15) is 47.6 Å². The zero-order valence-electron chi connectivity index (χ0n) is 25.9. The Labute approximate surface area is 274 Å². The van der Waals surface area contributed by atoms with Gasteiger partial charge in [0.1, 0.15) is 17.7 Å². The van der Waals surface area contributed by atoms with Gasteiger partial charge in [-0.1, -0.05) is 18.2 Å². The largest absolute Gasteiger partial charge is 0.417 e. The number of aliphatic hydroxyl groups is 1. The highest BCUT2D eigenvalue weighted by Crippen LogP contribution is 2.33. The molecule has 16 heteroatoms. The van der Waals surface area contributed by atoms with E-state index in [1.807, 2.05) is 0 Å². The Bertz CT molecular complexity index is 1680. The van der Waals surface area contributed by atoms with Gasteiger partial charge in [0.05, 0.1) is 17.2 Å². The van der Waals surface area contributed by atoms with E-state index in [1.165, 1.54) is 34.6 Å². The molecule has 260 valence electrons. The first-order chi connectivity index (χ1) is 22.8. The van der Waals surface area contributed by atoms with E-state index in [2.05, 4.69) is 20.9 Å². The molecule has 0 aliphatic carbocycles. The molecule has 5 rings (SSSR count). The molecule has 4 unspecified atom stereocenters. The molecule has 6 atom stereocenters. The molecule has 2 aliphatic heterocycles. The zero-order chi connectivity index (χ0) is 34.6. The highest BCUT2D eigenvalue weighted by Gasteiger charge is 2.39. The number of anilines is 1. The predicted molar refractivity (Wildman–Crippen MR) is 166 cm³/mol. The minimum absolute atomic E-state index is 0.0215. The van der Waals surface area contributed by atoms with Gasteiger partial charge >= 0.3 is 6.18 Å². The summed E-state index contributed by atoms with van der Waals surface area (Å²) in [6.45, 7) is 0.715. The summed E-state index contributed by atoms with van der Waals surface area (Å²) < 4.78 is 101. The van der Waals surface area contributed by atoms with Crippen molar-refractivity contribution in [1.29, 1.82) is 0 Å². The summed E-state index contributed by atoms with van der Waals surface area (Å²) in [6.07, 6.45) is -4.22. The number of hydrogen-bond acceptors (Lipinski definition) is 8. The summed E-state index contributed by atoms with van der Waals surface area (Å²) in [5.74, 6) is -3.25. The summed E-state index contributed by atoms with van der Waals surface area (Å²) >= 11 is 0. The molecule has 2 fully saturated rings. The number of nitrogens with zero attached hydrogens (tertiary/aromatic N) is 2. The van der Waals surface area contributed by atoms with Crippen molar-refractivity contribution in [2.75, 3.05) is 31.3 Å². The first kappa shape index (κ1) is 35.8. The fourth-order valence-corrected chi connectivity index (χ4v) is 8.01. The molecule has 2 aliphatic rings. The number of halogens is 5. The average Bonchev–Trinajstić information content (AvgIpc) is 3.16. The molecule has 2 bridgehead atoms. The lowest BCUT2D eigenvalue weighted by Crippen LogP contribution is -2.57. The number of carbonyl (C=O) groups excluding carboxylic acids is 1. The van der Waals surface area contributed by atoms with Crippen LogP contribution in [0.2, 0.25) is 0 Å². The van der Waals surface area contributed by atoms with Crippen molar-refractivity contribution < 1.29 is 45.0 Å². The molecule has 0 saturated carbocycles. The van der Waals surface area contributed by atoms with E-state index in [9.17, 15) is 35.9 Å². The van der Waals surface area contributed by atoms with Crippen LogP contribution in [0.4, 0.5) is 27.6 Å². The molecule has 0 radical (unpaired) electrons. The fourth-order valence-electron chi connectivity index (χ4n) is 6.20. The molecule has 2 aromatic carbocycles. The molecule has 4 N–H and O–H groups in total. The van der Waals surface area contributed by atoms with E-state index in [1.54, 1.807) is 0 Å². The second kappa shape index (κ2) is 14.9. The van der Waals surface area contributed by atoms with E-state index in [0.29, 0.717) is 25.7 Å². The average molecular weight is 698 g/mol. The number of ether oxygens (including phenoxy) is 1. The SMILES string of the molecule is COC(O)NC(C(=O)Nc1cccc(F)c1CC[C@H]1CN[C@@H]2CCCS(=O)(=O)N1C2)C(c1ccc(F)cc1)c1ccc(C(F)(F)F)cn1. The van der Waals surface area contributed by atoms with Crippen molar-refractivity contribution in [2.45, 2.75) is 62.3 Å². The Balaban J connectivity index is 1.45. The normalized spacial score (nSPS) is 22.7. The molecule has 10 nitrogen and oxygen atoms in total. The third-order valence-electron chi connectivity index (χ3n) is 8.69. The molecule has 48 heavy (non-hydrogen) atoms. The highest BCUT2D eigenvalue weighted by molar-refractivity contribution is 7.89. The zero-order valence-corrected chi connectivity index (χ0v) is 26.7. The topological polar surface area (TPSA) is 133 Å². The summed E-state index contributed by atoms with van der Waals surface area (Å²) in [5.41, 5.74) is -0.613. The number of fused-ring (bicyclic) bond motifs is 2. The van der Waals surface area contributed by atoms with Crippen molar-refractivity contribution >= 4 is 21.6 Å². The monoisotopic (exact) mass is 697 g/mol. The van der Waals surface area contributed by atoms with Crippen LogP contribution in [-0.4, -0.2) is 79.2 Å². The van der Waals surface area contributed by atoms with Gasteiger partial charge in [-0.3, -0.25) is 15.1 Å². The van der Waals surface area contributed by atoms with Gasteiger partial charge in [-0.2, -0.15) is 17.5 Å². The number of methoxy groups -OCH3 is 1. The van der Waals surface area contributed by atoms with Gasteiger partial charge < -0.3 is 20.5 Å². The summed E-state index contributed by atoms with van der Waals surface area (Å²) in [4.78, 5) is 18.0. The van der Waals surface area contributed by atoms with E-state index >= 15 is 4.39 Å². The molecule has 2 saturated heterocycles. The maximum absolute atomic E-state index is 15.3. The first-order valence-electron chi connectivity index (χ1n) is 15.3. The number of carbonyl (C=O) groups is 1. The van der Waals surface area contributed by atoms with Crippen molar-refractivity contribution in [3.05, 3.63) is 94.8 Å². The van der Waals surface area contributed by atoms with E-state index in [0.717, 1.165) is 37.8 Å². The van der Waals surface area contributed by atoms with Gasteiger partial charge in [0.15, 0.2) is 0 Å². The van der Waals surface area contributed by atoms with Gasteiger partial charge in [-0.25, -0.2) is 17.2 Å². The maximum Gasteiger partial charge on any atom is 0.417 e. The number of hydrogen-bond donors (Lipinski definition) is 4. The minimum atomic E-state index is -4.68. The molecule has 1 amide bonds. The van der Waals surface area contributed by atoms with Gasteiger partial charge in [0, 0.05) is 55.4 Å². The lowest BCUT2D eigenvalue weighted by Gasteiger charge is -2.37. The lowest BCUT2D eigenvalue weighted by molar-refractivity contribution is -0.137. The molecule has 0 spiro atoms. The Morgan fingerprint density at radius 3 is 2.56 bits per heavy atom. The molecule has 3 aromatic rings. The number of aromatic nitrogens is 1. The number of piperazine rings is 1. The van der Waals surface area contributed by atoms with E-state index in [4.69, 9.17) is 4.74 Å². The second-order valence-electron chi connectivity index (χ2n) is 11.8. The molecular formula is C32H36F5N5O5S. The maximum atomic E-state index is 15.3. The number of amides is 1. The predicted octanol–water partition coefficient (Wildman–Crippen LogP) is 3.73. The fraction of sp³-hybridized carbons (Fsp3) is 0.438. The number of alkyl halides is 3. The Kier molecular flexibility index (Phi) is 11.1. The smallest absolute Gasteiger partial charge is 0.356 e. The van der Waals surface area contributed by atoms with Crippen LogP contribution in [0.25, 0.3) is 0 Å². The number of nitrogens with one attached hydrogen (secondary N) is 3. The Hall–Kier alpha value is -3.54. The van der Waals surface area contributed by atoms with Crippen LogP contribution in [0.5, 0.6) is 0 Å². The highest BCUT2D eigenvalue weighted by atomic mass is 32.2. The van der Waals surface area contributed by atoms with Gasteiger partial charge in [0.25, 0.3) is 0 Å². The van der Waals surface area contributed by atoms with Gasteiger partial charge in [0.2, 0.25) is 22.3 Å². The summed E-state index contributed by atoms with van der Waals surface area (Å²) in [6, 6.07) is 8.88. The summed E-state index contributed by atoms with van der Waals surface area (Å²) in [5, 5.41) is 19.0. The molecule has 1 aromatic heterocycles. The Morgan fingerprint density at radius 1 is 1.15 bits per heavy atom. The molecule has 3 heterocycles. The standard InChI is InChI=1S/C32H36F5N5O5S/c1-47-31(44)41-29(28(19-7-10-21(33)11-8-19)27-14-9-20(16-39-27)32(35,36)37)30(43)40-26-6-2-5-25(34)24(26)13-12-23-17-38-22-4-3-15-48(45,46)42(23)18-22/h2,5-11,14,16,22-23,28-29,31,38,41,44H,3-4,12-13,15,17-18H2,1H3,(H,40,43)/t22-,23+,28?,29?,31?/m1/s1. The third-order valence-corrected chi connectivity index (χ3v) is 10.7. The van der Waals surface area contributed by atoms with Crippen LogP contribution < -0.4 is 16.0 Å². The minimum Gasteiger partial charge on any atom is -0.356 e. The third kappa shape index (κ3) is 8.36.